The molecule has 3 N–H and O–H groups in total. The summed E-state index contributed by atoms with van der Waals surface area (Å²) in [6.45, 7) is 8.86. The smallest absolute Gasteiger partial charge is 0.410 e. The molecule has 0 spiro atoms. The van der Waals surface area contributed by atoms with Crippen molar-refractivity contribution < 1.29 is 17.9 Å². The van der Waals surface area contributed by atoms with E-state index in [4.69, 9.17) is 9.88 Å². The molecule has 0 aliphatic carbocycles. The van der Waals surface area contributed by atoms with Crippen LogP contribution in [0.3, 0.4) is 0 Å². The molecule has 2 heterocycles. The molecule has 0 saturated carbocycles. The van der Waals surface area contributed by atoms with Gasteiger partial charge in [0, 0.05) is 18.7 Å². The topological polar surface area (TPSA) is 144 Å². The molecule has 0 unspecified atom stereocenters. The second kappa shape index (κ2) is 10.6. The van der Waals surface area contributed by atoms with Crippen molar-refractivity contribution in [3.05, 3.63) is 47.5 Å². The highest BCUT2D eigenvalue weighted by Gasteiger charge is 2.28. The Hall–Kier alpha value is -3.31. The molecule has 0 atom stereocenters. The molecule has 0 radical (unpaired) electrons. The van der Waals surface area contributed by atoms with Gasteiger partial charge >= 0.3 is 6.09 Å². The summed E-state index contributed by atoms with van der Waals surface area (Å²) < 4.78 is 30.9. The third-order valence-electron chi connectivity index (χ3n) is 6.46. The van der Waals surface area contributed by atoms with Gasteiger partial charge in [0.1, 0.15) is 5.60 Å². The Morgan fingerprint density at radius 1 is 1.14 bits per heavy atom. The lowest BCUT2D eigenvalue weighted by Crippen LogP contribution is -2.41. The molecule has 1 saturated heterocycles. The average molecular weight is 527 g/mol. The number of tetrazole rings is 1. The van der Waals surface area contributed by atoms with Crippen LogP contribution in [-0.2, 0) is 21.2 Å². The Morgan fingerprint density at radius 3 is 2.35 bits per heavy atom. The molecule has 11 heteroatoms. The van der Waals surface area contributed by atoms with Crippen LogP contribution < -0.4 is 5.14 Å². The second-order valence-electron chi connectivity index (χ2n) is 10.4. The van der Waals surface area contributed by atoms with Gasteiger partial charge in [0.25, 0.3) is 0 Å². The van der Waals surface area contributed by atoms with Crippen molar-refractivity contribution in [1.82, 2.24) is 25.5 Å². The number of ether oxygens (including phenoxy) is 1. The number of primary sulfonamides is 1. The van der Waals surface area contributed by atoms with Crippen LogP contribution >= 0.6 is 0 Å². The van der Waals surface area contributed by atoms with Crippen molar-refractivity contribution >= 4 is 16.1 Å². The van der Waals surface area contributed by atoms with Gasteiger partial charge in [-0.3, -0.25) is 0 Å². The first kappa shape index (κ1) is 26.7. The monoisotopic (exact) mass is 526 g/mol. The predicted molar refractivity (Wildman–Crippen MR) is 140 cm³/mol. The van der Waals surface area contributed by atoms with E-state index in [1.165, 1.54) is 5.56 Å². The van der Waals surface area contributed by atoms with Crippen molar-refractivity contribution in [2.45, 2.75) is 69.8 Å². The normalized spacial score (nSPS) is 15.1. The van der Waals surface area contributed by atoms with E-state index >= 15 is 0 Å². The molecule has 3 aromatic rings. The highest BCUT2D eigenvalue weighted by Crippen LogP contribution is 2.38. The zero-order valence-electron chi connectivity index (χ0n) is 21.7. The van der Waals surface area contributed by atoms with Crippen LogP contribution in [0.1, 0.15) is 64.0 Å². The summed E-state index contributed by atoms with van der Waals surface area (Å²) in [5.41, 5.74) is 3.17. The van der Waals surface area contributed by atoms with E-state index in [0.29, 0.717) is 42.1 Å². The second-order valence-corrected chi connectivity index (χ2v) is 11.9. The number of rotatable bonds is 6. The minimum atomic E-state index is -4.05. The summed E-state index contributed by atoms with van der Waals surface area (Å²) in [6, 6.07) is 11.8. The lowest BCUT2D eigenvalue weighted by Gasteiger charge is -2.33. The summed E-state index contributed by atoms with van der Waals surface area (Å²) in [5, 5.41) is 19.7. The summed E-state index contributed by atoms with van der Waals surface area (Å²) in [4.78, 5) is 14.2. The van der Waals surface area contributed by atoms with Gasteiger partial charge in [-0.25, -0.2) is 23.4 Å². The van der Waals surface area contributed by atoms with Crippen LogP contribution in [0.5, 0.6) is 0 Å². The van der Waals surface area contributed by atoms with E-state index in [1.54, 1.807) is 4.90 Å². The molecule has 1 amide bonds. The number of aromatic nitrogens is 4. The number of aromatic amines is 1. The number of amides is 1. The molecule has 2 aromatic carbocycles. The van der Waals surface area contributed by atoms with Crippen molar-refractivity contribution in [3.63, 3.8) is 0 Å². The van der Waals surface area contributed by atoms with Crippen LogP contribution in [0.25, 0.3) is 22.5 Å². The number of benzene rings is 2. The Kier molecular flexibility index (Phi) is 7.65. The largest absolute Gasteiger partial charge is 0.444 e. The number of carbonyl (C=O) groups is 1. The first-order valence-corrected chi connectivity index (χ1v) is 14.0. The number of hydrogen-bond acceptors (Lipinski definition) is 7. The van der Waals surface area contributed by atoms with E-state index in [2.05, 4.69) is 32.8 Å². The Balaban J connectivity index is 1.61. The molecule has 1 aromatic heterocycles. The maximum atomic E-state index is 12.7. The van der Waals surface area contributed by atoms with E-state index in [1.807, 2.05) is 52.0 Å². The van der Waals surface area contributed by atoms with Crippen LogP contribution in [0.4, 0.5) is 4.79 Å². The number of nitrogens with two attached hydrogens (primary N) is 1. The third kappa shape index (κ3) is 6.16. The molecule has 0 bridgehead atoms. The number of hydrogen-bond donors (Lipinski definition) is 2. The minimum Gasteiger partial charge on any atom is -0.444 e. The first-order valence-electron chi connectivity index (χ1n) is 12.5. The van der Waals surface area contributed by atoms with E-state index in [9.17, 15) is 13.2 Å². The van der Waals surface area contributed by atoms with E-state index in [0.717, 1.165) is 24.8 Å². The number of nitrogens with one attached hydrogen (secondary N) is 1. The molecule has 1 fully saturated rings. The fourth-order valence-electron chi connectivity index (χ4n) is 4.81. The van der Waals surface area contributed by atoms with Crippen LogP contribution in [-0.4, -0.2) is 58.7 Å². The summed E-state index contributed by atoms with van der Waals surface area (Å²) in [7, 11) is -4.05. The van der Waals surface area contributed by atoms with Crippen molar-refractivity contribution in [2.24, 2.45) is 5.14 Å². The quantitative estimate of drug-likeness (QED) is 0.488. The number of aryl methyl sites for hydroxylation is 1. The standard InChI is InChI=1S/C26H34N6O4S/c1-5-6-20-11-12-21(22(23(20)37(27,34)35)24-28-30-31-29-24)19-9-7-17(8-10-19)18-13-15-32(16-14-18)25(33)36-26(2,3)4/h7-12,18H,5-6,13-16H2,1-4H3,(H2,27,34,35)(H,28,29,30,31). The lowest BCUT2D eigenvalue weighted by atomic mass is 9.88. The number of piperidine rings is 1. The third-order valence-corrected chi connectivity index (χ3v) is 7.50. The maximum Gasteiger partial charge on any atom is 0.410 e. The van der Waals surface area contributed by atoms with Gasteiger partial charge in [0.05, 0.1) is 4.90 Å². The van der Waals surface area contributed by atoms with Gasteiger partial charge in [-0.2, -0.15) is 0 Å². The van der Waals surface area contributed by atoms with Gasteiger partial charge in [-0.1, -0.05) is 49.7 Å². The fourth-order valence-corrected chi connectivity index (χ4v) is 5.84. The first-order chi connectivity index (χ1) is 17.5. The van der Waals surface area contributed by atoms with Crippen LogP contribution in [0.15, 0.2) is 41.3 Å². The molecule has 37 heavy (non-hydrogen) atoms. The van der Waals surface area contributed by atoms with Crippen LogP contribution in [0.2, 0.25) is 0 Å². The van der Waals surface area contributed by atoms with Gasteiger partial charge in [-0.15, -0.1) is 5.10 Å². The van der Waals surface area contributed by atoms with Gasteiger partial charge in [-0.05, 0) is 78.6 Å². The highest BCUT2D eigenvalue weighted by atomic mass is 32.2. The number of sulfonamides is 1. The summed E-state index contributed by atoms with van der Waals surface area (Å²) in [6.07, 6.45) is 2.73. The fraction of sp³-hybridized carbons (Fsp3) is 0.462. The van der Waals surface area contributed by atoms with Gasteiger partial charge < -0.3 is 9.64 Å². The molecular formula is C26H34N6O4S. The molecular weight excluding hydrogens is 492 g/mol. The SMILES string of the molecule is CCCc1ccc(-c2ccc(C3CCN(C(=O)OC(C)(C)C)CC3)cc2)c(-c2nnn[nH]2)c1S(N)(=O)=O. The summed E-state index contributed by atoms with van der Waals surface area (Å²) >= 11 is 0. The average Bonchev–Trinajstić information content (AvgIpc) is 3.37. The number of likely N-dealkylation sites (tertiary alicyclic amines) is 1. The number of H-pyrrole nitrogens is 1. The molecule has 198 valence electrons. The number of nitrogens with zero attached hydrogens (tertiary/aromatic N) is 4. The van der Waals surface area contributed by atoms with Crippen LogP contribution in [0, 0.1) is 0 Å². The zero-order valence-corrected chi connectivity index (χ0v) is 22.5. The maximum absolute atomic E-state index is 12.7. The van der Waals surface area contributed by atoms with Crippen molar-refractivity contribution in [3.8, 4) is 22.5 Å². The molecule has 4 rings (SSSR count). The predicted octanol–water partition coefficient (Wildman–Crippen LogP) is 4.25. The molecule has 1 aliphatic heterocycles. The van der Waals surface area contributed by atoms with Gasteiger partial charge in [0.15, 0.2) is 5.82 Å². The molecule has 10 nitrogen and oxygen atoms in total. The minimum absolute atomic E-state index is 0.0454. The lowest BCUT2D eigenvalue weighted by molar-refractivity contribution is 0.0205. The number of carbonyl (C=O) groups excluding carboxylic acids is 1. The Bertz CT molecular complexity index is 1340. The highest BCUT2D eigenvalue weighted by molar-refractivity contribution is 7.89. The van der Waals surface area contributed by atoms with Crippen molar-refractivity contribution in [2.75, 3.05) is 13.1 Å². The summed E-state index contributed by atoms with van der Waals surface area (Å²) in [5.74, 6) is 0.563. The van der Waals surface area contributed by atoms with E-state index < -0.39 is 15.6 Å². The van der Waals surface area contributed by atoms with Gasteiger partial charge in [0.2, 0.25) is 10.0 Å². The Morgan fingerprint density at radius 2 is 1.81 bits per heavy atom. The zero-order chi connectivity index (χ0) is 26.8. The molecule has 1 aliphatic rings. The van der Waals surface area contributed by atoms with E-state index in [-0.39, 0.29) is 16.8 Å². The Labute approximate surface area is 217 Å². The van der Waals surface area contributed by atoms with Crippen molar-refractivity contribution in [1.29, 1.82) is 0 Å².